The van der Waals surface area contributed by atoms with Gasteiger partial charge in [-0.2, -0.15) is 0 Å². The number of carbonyl (C=O) groups is 2. The number of hydrogen-bond donors (Lipinski definition) is 1. The number of hydrogen-bond acceptors (Lipinski definition) is 4. The predicted octanol–water partition coefficient (Wildman–Crippen LogP) is 3.02. The standard InChI is InChI=1S/C16H14NO4/c1-20-15(18)13-8-5-9-14(10-13)17-16(19)21-11-12-6-3-2-4-7-12/h2-8,10H,11H2,1H3,(H,17,19). The van der Waals surface area contributed by atoms with Crippen molar-refractivity contribution in [3.63, 3.8) is 0 Å². The number of methoxy groups -OCH3 is 1. The van der Waals surface area contributed by atoms with E-state index >= 15 is 0 Å². The fourth-order valence-corrected chi connectivity index (χ4v) is 1.65. The van der Waals surface area contributed by atoms with Crippen molar-refractivity contribution in [1.82, 2.24) is 0 Å². The van der Waals surface area contributed by atoms with Crippen LogP contribution < -0.4 is 5.32 Å². The molecule has 0 saturated carbocycles. The maximum atomic E-state index is 11.7. The SMILES string of the molecule is COC(=O)c1cc[c]c(NC(=O)OCc2ccccc2)c1. The van der Waals surface area contributed by atoms with Gasteiger partial charge in [-0.25, -0.2) is 9.59 Å². The number of rotatable bonds is 4. The van der Waals surface area contributed by atoms with Gasteiger partial charge in [0.15, 0.2) is 0 Å². The molecule has 5 nitrogen and oxygen atoms in total. The van der Waals surface area contributed by atoms with Gasteiger partial charge < -0.3 is 9.47 Å². The third kappa shape index (κ3) is 4.35. The Morgan fingerprint density at radius 2 is 1.95 bits per heavy atom. The largest absolute Gasteiger partial charge is 0.465 e. The van der Waals surface area contributed by atoms with Crippen LogP contribution in [-0.4, -0.2) is 19.2 Å². The van der Waals surface area contributed by atoms with Crippen LogP contribution >= 0.6 is 0 Å². The molecule has 0 aromatic heterocycles. The molecule has 0 fully saturated rings. The van der Waals surface area contributed by atoms with E-state index in [-0.39, 0.29) is 6.61 Å². The zero-order chi connectivity index (χ0) is 15.1. The molecule has 2 aromatic carbocycles. The van der Waals surface area contributed by atoms with Crippen molar-refractivity contribution < 1.29 is 19.1 Å². The zero-order valence-corrected chi connectivity index (χ0v) is 11.5. The molecule has 1 radical (unpaired) electrons. The highest BCUT2D eigenvalue weighted by atomic mass is 16.5. The molecule has 0 saturated heterocycles. The number of benzene rings is 2. The molecule has 0 atom stereocenters. The van der Waals surface area contributed by atoms with E-state index in [1.165, 1.54) is 19.2 Å². The van der Waals surface area contributed by atoms with Gasteiger partial charge in [-0.05, 0) is 17.7 Å². The van der Waals surface area contributed by atoms with Crippen molar-refractivity contribution in [3.8, 4) is 0 Å². The first-order chi connectivity index (χ1) is 10.2. The van der Waals surface area contributed by atoms with Gasteiger partial charge in [-0.1, -0.05) is 36.4 Å². The van der Waals surface area contributed by atoms with Crippen molar-refractivity contribution in [2.75, 3.05) is 12.4 Å². The van der Waals surface area contributed by atoms with E-state index in [2.05, 4.69) is 16.1 Å². The van der Waals surface area contributed by atoms with Gasteiger partial charge in [0, 0.05) is 6.07 Å². The molecule has 2 aromatic rings. The van der Waals surface area contributed by atoms with Gasteiger partial charge in [0.1, 0.15) is 6.61 Å². The highest BCUT2D eigenvalue weighted by Gasteiger charge is 2.08. The first-order valence-corrected chi connectivity index (χ1v) is 6.27. The molecule has 0 unspecified atom stereocenters. The highest BCUT2D eigenvalue weighted by molar-refractivity contribution is 5.92. The summed E-state index contributed by atoms with van der Waals surface area (Å²) in [6.07, 6.45) is -0.614. The molecule has 0 spiro atoms. The van der Waals surface area contributed by atoms with E-state index in [4.69, 9.17) is 4.74 Å². The van der Waals surface area contributed by atoms with Crippen LogP contribution in [0.4, 0.5) is 10.5 Å². The van der Waals surface area contributed by atoms with Crippen LogP contribution in [0.15, 0.2) is 48.5 Å². The fourth-order valence-electron chi connectivity index (χ4n) is 1.65. The van der Waals surface area contributed by atoms with Crippen LogP contribution in [-0.2, 0) is 16.1 Å². The number of amides is 1. The van der Waals surface area contributed by atoms with E-state index in [0.29, 0.717) is 11.3 Å². The quantitative estimate of drug-likeness (QED) is 0.876. The number of ether oxygens (including phenoxy) is 2. The van der Waals surface area contributed by atoms with Crippen LogP contribution in [0.1, 0.15) is 15.9 Å². The molecular formula is C16H14NO4. The average molecular weight is 284 g/mol. The molecule has 21 heavy (non-hydrogen) atoms. The number of carbonyl (C=O) groups excluding carboxylic acids is 2. The van der Waals surface area contributed by atoms with Crippen LogP contribution in [0.3, 0.4) is 0 Å². The number of nitrogens with one attached hydrogen (secondary N) is 1. The fraction of sp³-hybridized carbons (Fsp3) is 0.125. The van der Waals surface area contributed by atoms with E-state index in [1.54, 1.807) is 6.07 Å². The van der Waals surface area contributed by atoms with Gasteiger partial charge >= 0.3 is 12.1 Å². The van der Waals surface area contributed by atoms with E-state index in [1.807, 2.05) is 30.3 Å². The first kappa shape index (κ1) is 14.6. The van der Waals surface area contributed by atoms with Crippen LogP contribution in [0.25, 0.3) is 0 Å². The summed E-state index contributed by atoms with van der Waals surface area (Å²) in [5.41, 5.74) is 1.56. The molecule has 1 N–H and O–H groups in total. The Morgan fingerprint density at radius 1 is 1.19 bits per heavy atom. The van der Waals surface area contributed by atoms with Crippen LogP contribution in [0, 0.1) is 6.07 Å². The lowest BCUT2D eigenvalue weighted by Gasteiger charge is -2.07. The number of anilines is 1. The topological polar surface area (TPSA) is 64.6 Å². The van der Waals surface area contributed by atoms with Crippen molar-refractivity contribution in [2.45, 2.75) is 6.61 Å². The summed E-state index contributed by atoms with van der Waals surface area (Å²) in [5.74, 6) is -0.482. The summed E-state index contributed by atoms with van der Waals surface area (Å²) in [4.78, 5) is 23.0. The molecule has 0 aliphatic carbocycles. The van der Waals surface area contributed by atoms with Crippen molar-refractivity contribution in [2.24, 2.45) is 0 Å². The third-order valence-electron chi connectivity index (χ3n) is 2.67. The third-order valence-corrected chi connectivity index (χ3v) is 2.67. The lowest BCUT2D eigenvalue weighted by Crippen LogP contribution is -2.14. The lowest BCUT2D eigenvalue weighted by atomic mass is 10.2. The smallest absolute Gasteiger partial charge is 0.411 e. The maximum Gasteiger partial charge on any atom is 0.411 e. The first-order valence-electron chi connectivity index (χ1n) is 6.27. The van der Waals surface area contributed by atoms with Gasteiger partial charge in [-0.15, -0.1) is 0 Å². The molecule has 0 bridgehead atoms. The van der Waals surface area contributed by atoms with Crippen molar-refractivity contribution in [1.29, 1.82) is 0 Å². The Morgan fingerprint density at radius 3 is 2.67 bits per heavy atom. The van der Waals surface area contributed by atoms with Crippen molar-refractivity contribution in [3.05, 3.63) is 65.7 Å². The average Bonchev–Trinajstić information content (AvgIpc) is 2.53. The summed E-state index contributed by atoms with van der Waals surface area (Å²) in [7, 11) is 1.29. The minimum absolute atomic E-state index is 0.170. The van der Waals surface area contributed by atoms with Gasteiger partial charge in [0.25, 0.3) is 0 Å². The summed E-state index contributed by atoms with van der Waals surface area (Å²) in [6.45, 7) is 0.170. The predicted molar refractivity (Wildman–Crippen MR) is 76.9 cm³/mol. The molecular weight excluding hydrogens is 270 g/mol. The van der Waals surface area contributed by atoms with Gasteiger partial charge in [0.05, 0.1) is 18.4 Å². The minimum Gasteiger partial charge on any atom is -0.465 e. The Kier molecular flexibility index (Phi) is 4.93. The maximum absolute atomic E-state index is 11.7. The Bertz CT molecular complexity index is 625. The molecule has 0 aliphatic heterocycles. The second-order valence-corrected chi connectivity index (χ2v) is 4.17. The summed E-state index contributed by atoms with van der Waals surface area (Å²) in [5, 5.41) is 2.51. The molecule has 0 aliphatic rings. The molecule has 2 rings (SSSR count). The summed E-state index contributed by atoms with van der Waals surface area (Å²) in [6, 6.07) is 16.7. The van der Waals surface area contributed by atoms with Gasteiger partial charge in [-0.3, -0.25) is 5.32 Å². The molecule has 107 valence electrons. The Balaban J connectivity index is 1.92. The van der Waals surface area contributed by atoms with E-state index in [9.17, 15) is 9.59 Å². The lowest BCUT2D eigenvalue weighted by molar-refractivity contribution is 0.0600. The normalized spacial score (nSPS) is 9.76. The summed E-state index contributed by atoms with van der Waals surface area (Å²) >= 11 is 0. The molecule has 0 heterocycles. The molecule has 5 heteroatoms. The number of esters is 1. The Labute approximate surface area is 122 Å². The zero-order valence-electron chi connectivity index (χ0n) is 11.5. The van der Waals surface area contributed by atoms with E-state index < -0.39 is 12.1 Å². The minimum atomic E-state index is -0.614. The van der Waals surface area contributed by atoms with Gasteiger partial charge in [0.2, 0.25) is 0 Å². The highest BCUT2D eigenvalue weighted by Crippen LogP contribution is 2.11. The van der Waals surface area contributed by atoms with E-state index in [0.717, 1.165) is 5.56 Å². The second-order valence-electron chi connectivity index (χ2n) is 4.17. The van der Waals surface area contributed by atoms with Crippen LogP contribution in [0.5, 0.6) is 0 Å². The summed E-state index contributed by atoms with van der Waals surface area (Å²) < 4.78 is 9.68. The second kappa shape index (κ2) is 7.09. The van der Waals surface area contributed by atoms with Crippen LogP contribution in [0.2, 0.25) is 0 Å². The van der Waals surface area contributed by atoms with Crippen molar-refractivity contribution >= 4 is 17.7 Å². The monoisotopic (exact) mass is 284 g/mol. The molecule has 1 amide bonds. The Hall–Kier alpha value is -2.82.